The number of aryl methyl sites for hydroxylation is 1. The van der Waals surface area contributed by atoms with Gasteiger partial charge < -0.3 is 16.4 Å². The Morgan fingerprint density at radius 1 is 1.53 bits per heavy atom. The van der Waals surface area contributed by atoms with E-state index >= 15 is 0 Å². The summed E-state index contributed by atoms with van der Waals surface area (Å²) in [6.45, 7) is 4.60. The summed E-state index contributed by atoms with van der Waals surface area (Å²) in [4.78, 5) is 18.3. The summed E-state index contributed by atoms with van der Waals surface area (Å²) in [6.07, 6.45) is 5.02. The summed E-state index contributed by atoms with van der Waals surface area (Å²) < 4.78 is 0. The molecule has 1 aliphatic heterocycles. The number of nitrogens with zero attached hydrogens (tertiary/aromatic N) is 2. The second-order valence-corrected chi connectivity index (χ2v) is 5.27. The maximum absolute atomic E-state index is 11.7. The molecule has 2 unspecified atom stereocenters. The molecule has 5 nitrogen and oxygen atoms in total. The maximum atomic E-state index is 11.7. The van der Waals surface area contributed by atoms with Gasteiger partial charge in [-0.3, -0.25) is 4.79 Å². The van der Waals surface area contributed by atoms with Crippen molar-refractivity contribution in [1.82, 2.24) is 4.98 Å². The zero-order valence-corrected chi connectivity index (χ0v) is 11.6. The van der Waals surface area contributed by atoms with Crippen LogP contribution in [-0.2, 0) is 0 Å². The average molecular weight is 262 g/mol. The van der Waals surface area contributed by atoms with Crippen molar-refractivity contribution in [1.29, 1.82) is 0 Å². The number of carbonyl (C=O) groups excluding carboxylic acids is 1. The van der Waals surface area contributed by atoms with Crippen LogP contribution in [0.1, 0.15) is 42.1 Å². The molecule has 0 aliphatic carbocycles. The number of pyridine rings is 1. The topological polar surface area (TPSA) is 85.2 Å². The van der Waals surface area contributed by atoms with Crippen LogP contribution in [0.2, 0.25) is 0 Å². The van der Waals surface area contributed by atoms with Gasteiger partial charge in [0, 0.05) is 24.8 Å². The summed E-state index contributed by atoms with van der Waals surface area (Å²) in [5, 5.41) is 0. The van der Waals surface area contributed by atoms with Gasteiger partial charge in [-0.05, 0) is 44.7 Å². The van der Waals surface area contributed by atoms with Gasteiger partial charge in [0.2, 0.25) is 0 Å². The Balaban J connectivity index is 2.49. The van der Waals surface area contributed by atoms with Gasteiger partial charge >= 0.3 is 0 Å². The van der Waals surface area contributed by atoms with Crippen LogP contribution in [0.15, 0.2) is 12.3 Å². The maximum Gasteiger partial charge on any atom is 0.252 e. The van der Waals surface area contributed by atoms with Gasteiger partial charge in [-0.2, -0.15) is 0 Å². The molecule has 1 aromatic rings. The molecule has 1 saturated heterocycles. The molecule has 0 spiro atoms. The van der Waals surface area contributed by atoms with Crippen molar-refractivity contribution in [3.8, 4) is 0 Å². The molecule has 1 fully saturated rings. The van der Waals surface area contributed by atoms with Crippen LogP contribution in [0.25, 0.3) is 0 Å². The number of rotatable bonds is 3. The lowest BCUT2D eigenvalue weighted by molar-refractivity contribution is 0.0999. The smallest absolute Gasteiger partial charge is 0.252 e. The van der Waals surface area contributed by atoms with Gasteiger partial charge in [0.25, 0.3) is 5.91 Å². The SMILES string of the molecule is Cc1ccnc(N2C(C)CCCC2CN)c1C(N)=O. The van der Waals surface area contributed by atoms with Gasteiger partial charge in [-0.1, -0.05) is 0 Å². The molecule has 4 N–H and O–H groups in total. The number of anilines is 1. The molecule has 104 valence electrons. The Hall–Kier alpha value is -1.62. The first-order chi connectivity index (χ1) is 9.06. The Kier molecular flexibility index (Phi) is 4.04. The minimum atomic E-state index is -0.422. The van der Waals surface area contributed by atoms with Gasteiger partial charge in [0.05, 0.1) is 5.56 Å². The van der Waals surface area contributed by atoms with Gasteiger partial charge in [0.1, 0.15) is 5.82 Å². The van der Waals surface area contributed by atoms with Crippen molar-refractivity contribution in [2.45, 2.75) is 45.2 Å². The molecule has 0 aromatic carbocycles. The van der Waals surface area contributed by atoms with E-state index in [1.165, 1.54) is 0 Å². The fourth-order valence-electron chi connectivity index (χ4n) is 2.94. The molecular formula is C14H22N4O. The third-order valence-electron chi connectivity index (χ3n) is 3.93. The summed E-state index contributed by atoms with van der Waals surface area (Å²) in [5.41, 5.74) is 12.8. The van der Waals surface area contributed by atoms with E-state index in [0.29, 0.717) is 24.0 Å². The van der Waals surface area contributed by atoms with E-state index in [2.05, 4.69) is 16.8 Å². The van der Waals surface area contributed by atoms with Crippen molar-refractivity contribution < 1.29 is 4.79 Å². The van der Waals surface area contributed by atoms with Crippen molar-refractivity contribution in [2.75, 3.05) is 11.4 Å². The average Bonchev–Trinajstić information content (AvgIpc) is 2.37. The quantitative estimate of drug-likeness (QED) is 0.857. The number of hydrogen-bond donors (Lipinski definition) is 2. The normalized spacial score (nSPS) is 23.4. The standard InChI is InChI=1S/C14H22N4O/c1-9-6-7-17-14(12(9)13(16)19)18-10(2)4-3-5-11(18)8-15/h6-7,10-11H,3-5,8,15H2,1-2H3,(H2,16,19). The lowest BCUT2D eigenvalue weighted by atomic mass is 9.95. The highest BCUT2D eigenvalue weighted by atomic mass is 16.1. The molecule has 19 heavy (non-hydrogen) atoms. The second-order valence-electron chi connectivity index (χ2n) is 5.27. The van der Waals surface area contributed by atoms with Crippen LogP contribution in [-0.4, -0.2) is 29.5 Å². The van der Waals surface area contributed by atoms with E-state index in [1.807, 2.05) is 13.0 Å². The third kappa shape index (κ3) is 2.56. The van der Waals surface area contributed by atoms with Gasteiger partial charge in [0.15, 0.2) is 0 Å². The minimum Gasteiger partial charge on any atom is -0.365 e. The first kappa shape index (κ1) is 13.8. The van der Waals surface area contributed by atoms with E-state index in [1.54, 1.807) is 6.20 Å². The molecular weight excluding hydrogens is 240 g/mol. The second kappa shape index (κ2) is 5.57. The van der Waals surface area contributed by atoms with Gasteiger partial charge in [-0.25, -0.2) is 4.98 Å². The van der Waals surface area contributed by atoms with E-state index in [4.69, 9.17) is 11.5 Å². The number of amides is 1. The number of primary amides is 1. The van der Waals surface area contributed by atoms with Crippen molar-refractivity contribution >= 4 is 11.7 Å². The predicted octanol–water partition coefficient (Wildman–Crippen LogP) is 1.20. The van der Waals surface area contributed by atoms with Gasteiger partial charge in [-0.15, -0.1) is 0 Å². The molecule has 1 aromatic heterocycles. The monoisotopic (exact) mass is 262 g/mol. The number of aromatic nitrogens is 1. The molecule has 0 bridgehead atoms. The number of hydrogen-bond acceptors (Lipinski definition) is 4. The number of carbonyl (C=O) groups is 1. The Morgan fingerprint density at radius 2 is 2.26 bits per heavy atom. The van der Waals surface area contributed by atoms with Crippen molar-refractivity contribution in [3.05, 3.63) is 23.4 Å². The molecule has 2 heterocycles. The molecule has 1 aliphatic rings. The van der Waals surface area contributed by atoms with Crippen molar-refractivity contribution in [2.24, 2.45) is 11.5 Å². The minimum absolute atomic E-state index is 0.233. The highest BCUT2D eigenvalue weighted by Gasteiger charge is 2.31. The Morgan fingerprint density at radius 3 is 2.89 bits per heavy atom. The van der Waals surface area contributed by atoms with E-state index in [-0.39, 0.29) is 6.04 Å². The Labute approximate surface area is 114 Å². The van der Waals surface area contributed by atoms with Crippen LogP contribution in [0.3, 0.4) is 0 Å². The summed E-state index contributed by atoms with van der Waals surface area (Å²) >= 11 is 0. The van der Waals surface area contributed by atoms with E-state index in [0.717, 1.165) is 24.8 Å². The highest BCUT2D eigenvalue weighted by Crippen LogP contribution is 2.30. The first-order valence-corrected chi connectivity index (χ1v) is 6.80. The van der Waals surface area contributed by atoms with E-state index in [9.17, 15) is 4.79 Å². The van der Waals surface area contributed by atoms with Crippen molar-refractivity contribution in [3.63, 3.8) is 0 Å². The lowest BCUT2D eigenvalue weighted by Crippen LogP contribution is -2.50. The Bertz CT molecular complexity index is 475. The predicted molar refractivity (Wildman–Crippen MR) is 76.1 cm³/mol. The fraction of sp³-hybridized carbons (Fsp3) is 0.571. The molecule has 0 saturated carbocycles. The van der Waals surface area contributed by atoms with Crippen LogP contribution < -0.4 is 16.4 Å². The molecule has 5 heteroatoms. The highest BCUT2D eigenvalue weighted by molar-refractivity contribution is 5.99. The zero-order chi connectivity index (χ0) is 14.0. The van der Waals surface area contributed by atoms with Crippen LogP contribution in [0, 0.1) is 6.92 Å². The summed E-state index contributed by atoms with van der Waals surface area (Å²) in [7, 11) is 0. The molecule has 2 rings (SSSR count). The fourth-order valence-corrected chi connectivity index (χ4v) is 2.94. The zero-order valence-electron chi connectivity index (χ0n) is 11.6. The largest absolute Gasteiger partial charge is 0.365 e. The molecule has 2 atom stereocenters. The summed E-state index contributed by atoms with van der Waals surface area (Å²) in [5.74, 6) is 0.268. The third-order valence-corrected chi connectivity index (χ3v) is 3.93. The number of piperidine rings is 1. The number of nitrogens with two attached hydrogens (primary N) is 2. The summed E-state index contributed by atoms with van der Waals surface area (Å²) in [6, 6.07) is 2.38. The molecule has 0 radical (unpaired) electrons. The molecule has 1 amide bonds. The van der Waals surface area contributed by atoms with Crippen LogP contribution in [0.4, 0.5) is 5.82 Å². The lowest BCUT2D eigenvalue weighted by Gasteiger charge is -2.42. The van der Waals surface area contributed by atoms with Crippen LogP contribution in [0.5, 0.6) is 0 Å². The van der Waals surface area contributed by atoms with E-state index < -0.39 is 5.91 Å². The first-order valence-electron chi connectivity index (χ1n) is 6.80. The van der Waals surface area contributed by atoms with Crippen LogP contribution >= 0.6 is 0 Å².